The van der Waals surface area contributed by atoms with Gasteiger partial charge in [0.25, 0.3) is 0 Å². The van der Waals surface area contributed by atoms with E-state index >= 15 is 0 Å². The van der Waals surface area contributed by atoms with Crippen molar-refractivity contribution in [2.45, 2.75) is 84.7 Å². The fraction of sp³-hybridized carbons (Fsp3) is 0.448. The lowest BCUT2D eigenvalue weighted by Gasteiger charge is -2.46. The summed E-state index contributed by atoms with van der Waals surface area (Å²) in [6, 6.07) is 18.1. The van der Waals surface area contributed by atoms with Gasteiger partial charge in [-0.3, -0.25) is 0 Å². The van der Waals surface area contributed by atoms with Crippen molar-refractivity contribution in [1.82, 2.24) is 0 Å². The highest BCUT2D eigenvalue weighted by Gasteiger charge is 2.40. The standard InChI is InChI=1S/C29H40P2/c1-21-15-10-12-18-25(21)30(26-19-13-11-16-22(26)2)27-20-14-17-24(27)23(3)31(28(4,5)6)29(7,8)9/h10-16,18-20,23H,17H2,1-9H3/t23-/m1/s1. The number of benzene rings is 2. The lowest BCUT2D eigenvalue weighted by molar-refractivity contribution is 0.693. The summed E-state index contributed by atoms with van der Waals surface area (Å²) in [4.78, 5) is 0. The summed E-state index contributed by atoms with van der Waals surface area (Å²) in [5.41, 5.74) is 5.11. The molecule has 1 atom stereocenters. The van der Waals surface area contributed by atoms with Gasteiger partial charge in [0.05, 0.1) is 0 Å². The number of hydrogen-bond donors (Lipinski definition) is 0. The SMILES string of the molecule is Cc1ccccc1P(C1=C([C@@H](C)P(C(C)(C)C)C(C)(C)C)CC=C1)c1ccccc1C. The van der Waals surface area contributed by atoms with Gasteiger partial charge in [0, 0.05) is 0 Å². The number of aryl methyl sites for hydroxylation is 2. The van der Waals surface area contributed by atoms with Crippen molar-refractivity contribution in [2.75, 3.05) is 0 Å². The molecule has 0 N–H and O–H groups in total. The molecule has 2 heteroatoms. The summed E-state index contributed by atoms with van der Waals surface area (Å²) in [6.07, 6.45) is 6.00. The van der Waals surface area contributed by atoms with Crippen LogP contribution in [0.5, 0.6) is 0 Å². The van der Waals surface area contributed by atoms with E-state index in [1.807, 2.05) is 0 Å². The Bertz CT molecular complexity index is 923. The van der Waals surface area contributed by atoms with Crippen LogP contribution in [0.2, 0.25) is 0 Å². The zero-order chi connectivity index (χ0) is 23.0. The first-order valence-corrected chi connectivity index (χ1v) is 14.3. The topological polar surface area (TPSA) is 0 Å². The average Bonchev–Trinajstić information content (AvgIpc) is 3.12. The van der Waals surface area contributed by atoms with Gasteiger partial charge in [0.15, 0.2) is 0 Å². The minimum absolute atomic E-state index is 0.207. The molecule has 0 radical (unpaired) electrons. The van der Waals surface area contributed by atoms with Crippen molar-refractivity contribution < 1.29 is 0 Å². The van der Waals surface area contributed by atoms with E-state index < -0.39 is 7.92 Å². The molecule has 166 valence electrons. The molecule has 1 aliphatic rings. The van der Waals surface area contributed by atoms with Gasteiger partial charge in [-0.05, 0) is 71.2 Å². The molecule has 2 aromatic carbocycles. The van der Waals surface area contributed by atoms with Gasteiger partial charge in [-0.1, -0.05) is 123 Å². The van der Waals surface area contributed by atoms with Crippen LogP contribution < -0.4 is 10.6 Å². The zero-order valence-corrected chi connectivity index (χ0v) is 22.7. The van der Waals surface area contributed by atoms with E-state index in [1.54, 1.807) is 10.9 Å². The predicted molar refractivity (Wildman–Crippen MR) is 145 cm³/mol. The molecule has 0 heterocycles. The molecule has 2 aromatic rings. The summed E-state index contributed by atoms with van der Waals surface area (Å²) in [7, 11) is -0.766. The Morgan fingerprint density at radius 1 is 0.742 bits per heavy atom. The largest absolute Gasteiger partial charge is 0.0885 e. The van der Waals surface area contributed by atoms with E-state index in [0.717, 1.165) is 6.42 Å². The molecule has 31 heavy (non-hydrogen) atoms. The lowest BCUT2D eigenvalue weighted by Crippen LogP contribution is -2.31. The van der Waals surface area contributed by atoms with Gasteiger partial charge in [0.2, 0.25) is 0 Å². The van der Waals surface area contributed by atoms with Crippen molar-refractivity contribution in [3.8, 4) is 0 Å². The number of allylic oxidation sites excluding steroid dienone is 4. The highest BCUT2D eigenvalue weighted by molar-refractivity contribution is 7.77. The second-order valence-electron chi connectivity index (χ2n) is 10.8. The molecule has 0 saturated heterocycles. The van der Waals surface area contributed by atoms with Crippen LogP contribution in [-0.4, -0.2) is 16.0 Å². The molecule has 0 aliphatic heterocycles. The summed E-state index contributed by atoms with van der Waals surface area (Å²) >= 11 is 0. The first-order chi connectivity index (χ1) is 14.4. The number of hydrogen-bond acceptors (Lipinski definition) is 0. The molecule has 0 spiro atoms. The van der Waals surface area contributed by atoms with E-state index in [-0.39, 0.29) is 7.92 Å². The third-order valence-corrected chi connectivity index (χ3v) is 13.1. The quantitative estimate of drug-likeness (QED) is 0.401. The Morgan fingerprint density at radius 3 is 1.61 bits per heavy atom. The van der Waals surface area contributed by atoms with Gasteiger partial charge >= 0.3 is 0 Å². The first-order valence-electron chi connectivity index (χ1n) is 11.5. The second kappa shape index (κ2) is 9.33. The Hall–Kier alpha value is -1.22. The third kappa shape index (κ3) is 5.24. The van der Waals surface area contributed by atoms with E-state index in [2.05, 4.69) is 123 Å². The van der Waals surface area contributed by atoms with Crippen LogP contribution in [0.1, 0.15) is 66.0 Å². The first kappa shape index (κ1) is 24.4. The summed E-state index contributed by atoms with van der Waals surface area (Å²) in [5, 5.41) is 5.26. The highest BCUT2D eigenvalue weighted by atomic mass is 31.1. The summed E-state index contributed by atoms with van der Waals surface area (Å²) in [6.45, 7) is 21.8. The van der Waals surface area contributed by atoms with Crippen LogP contribution in [-0.2, 0) is 0 Å². The van der Waals surface area contributed by atoms with Gasteiger partial charge in [-0.2, -0.15) is 0 Å². The molecule has 3 rings (SSSR count). The minimum Gasteiger partial charge on any atom is -0.0885 e. The predicted octanol–water partition coefficient (Wildman–Crippen LogP) is 8.42. The minimum atomic E-state index is -0.559. The molecule has 0 saturated carbocycles. The summed E-state index contributed by atoms with van der Waals surface area (Å²) < 4.78 is 0. The zero-order valence-electron chi connectivity index (χ0n) is 21.0. The van der Waals surface area contributed by atoms with Crippen molar-refractivity contribution >= 4 is 26.5 Å². The Labute approximate surface area is 193 Å². The van der Waals surface area contributed by atoms with Gasteiger partial charge < -0.3 is 0 Å². The van der Waals surface area contributed by atoms with E-state index in [9.17, 15) is 0 Å². The van der Waals surface area contributed by atoms with Crippen molar-refractivity contribution in [1.29, 1.82) is 0 Å². The molecule has 0 fully saturated rings. The highest BCUT2D eigenvalue weighted by Crippen LogP contribution is 2.66. The smallest absolute Gasteiger partial charge is 0.000563 e. The van der Waals surface area contributed by atoms with E-state index in [1.165, 1.54) is 21.7 Å². The molecule has 0 bridgehead atoms. The van der Waals surface area contributed by atoms with Crippen LogP contribution in [0.25, 0.3) is 0 Å². The Morgan fingerprint density at radius 2 is 1.19 bits per heavy atom. The lowest BCUT2D eigenvalue weighted by atomic mass is 10.2. The van der Waals surface area contributed by atoms with Gasteiger partial charge in [-0.15, -0.1) is 0 Å². The molecule has 0 nitrogen and oxygen atoms in total. The molecule has 0 aromatic heterocycles. The van der Waals surface area contributed by atoms with Crippen molar-refractivity contribution in [2.24, 2.45) is 0 Å². The van der Waals surface area contributed by atoms with E-state index in [0.29, 0.717) is 16.0 Å². The van der Waals surface area contributed by atoms with Crippen LogP contribution in [0.4, 0.5) is 0 Å². The molecular weight excluding hydrogens is 410 g/mol. The maximum Gasteiger partial charge on any atom is -0.000563 e. The van der Waals surface area contributed by atoms with Crippen LogP contribution in [0.15, 0.2) is 71.6 Å². The van der Waals surface area contributed by atoms with Crippen LogP contribution in [0.3, 0.4) is 0 Å². The average molecular weight is 451 g/mol. The summed E-state index contributed by atoms with van der Waals surface area (Å²) in [5.74, 6) is 0. The van der Waals surface area contributed by atoms with Crippen LogP contribution in [0, 0.1) is 13.8 Å². The Balaban J connectivity index is 2.22. The normalized spacial score (nSPS) is 16.0. The van der Waals surface area contributed by atoms with Gasteiger partial charge in [0.1, 0.15) is 0 Å². The van der Waals surface area contributed by atoms with Crippen molar-refractivity contribution in [3.05, 3.63) is 82.7 Å². The molecule has 1 aliphatic carbocycles. The number of rotatable bonds is 5. The third-order valence-electron chi connectivity index (χ3n) is 6.23. The maximum absolute atomic E-state index is 2.52. The van der Waals surface area contributed by atoms with E-state index in [4.69, 9.17) is 0 Å². The fourth-order valence-electron chi connectivity index (χ4n) is 5.45. The molecular formula is C29H40P2. The molecule has 0 amide bonds. The van der Waals surface area contributed by atoms with Crippen LogP contribution >= 0.6 is 15.8 Å². The van der Waals surface area contributed by atoms with Crippen molar-refractivity contribution in [3.63, 3.8) is 0 Å². The fourth-order valence-corrected chi connectivity index (χ4v) is 13.4. The van der Waals surface area contributed by atoms with Gasteiger partial charge in [-0.25, -0.2) is 0 Å². The monoisotopic (exact) mass is 450 g/mol. The Kier molecular flexibility index (Phi) is 7.35. The second-order valence-corrected chi connectivity index (χ2v) is 17.1. The maximum atomic E-state index is 2.52. The molecule has 0 unspecified atom stereocenters.